The van der Waals surface area contributed by atoms with Crippen molar-refractivity contribution in [1.82, 2.24) is 14.9 Å². The minimum absolute atomic E-state index is 0.281. The number of likely N-dealkylation sites (tertiary alicyclic amines) is 1. The molecule has 0 saturated carbocycles. The number of carbonyl (C=O) groups excluding carboxylic acids is 1. The van der Waals surface area contributed by atoms with Crippen molar-refractivity contribution in [3.8, 4) is 0 Å². The molecule has 1 amide bonds. The first-order chi connectivity index (χ1) is 14.7. The molecule has 1 aromatic carbocycles. The normalized spacial score (nSPS) is 19.7. The number of fused-ring (bicyclic) bond motifs is 1. The summed E-state index contributed by atoms with van der Waals surface area (Å²) in [5.74, 6) is 0.406. The van der Waals surface area contributed by atoms with Crippen molar-refractivity contribution >= 4 is 17.0 Å². The molecule has 0 aliphatic carbocycles. The second kappa shape index (κ2) is 8.03. The van der Waals surface area contributed by atoms with Gasteiger partial charge in [-0.05, 0) is 81.3 Å². The van der Waals surface area contributed by atoms with E-state index in [1.54, 1.807) is 0 Å². The van der Waals surface area contributed by atoms with Gasteiger partial charge in [0.05, 0.1) is 5.69 Å². The Labute approximate surface area is 184 Å². The van der Waals surface area contributed by atoms with Crippen LogP contribution in [0.3, 0.4) is 0 Å². The molecule has 5 heteroatoms. The monoisotopic (exact) mass is 419 g/mol. The number of benzene rings is 1. The fourth-order valence-corrected chi connectivity index (χ4v) is 4.74. The number of pyridine rings is 1. The second-order valence-corrected chi connectivity index (χ2v) is 9.82. The smallest absolute Gasteiger partial charge is 0.411 e. The molecule has 1 atom stereocenters. The number of carbonyl (C=O) groups is 1. The zero-order valence-electron chi connectivity index (χ0n) is 19.2. The molecular weight excluding hydrogens is 386 g/mol. The minimum Gasteiger partial charge on any atom is -0.444 e. The van der Waals surface area contributed by atoms with Crippen LogP contribution in [0.1, 0.15) is 76.6 Å². The van der Waals surface area contributed by atoms with Gasteiger partial charge in [0.1, 0.15) is 11.1 Å². The third kappa shape index (κ3) is 3.93. The Morgan fingerprint density at radius 3 is 2.68 bits per heavy atom. The number of H-pyrrole nitrogens is 1. The highest BCUT2D eigenvalue weighted by Crippen LogP contribution is 2.44. The van der Waals surface area contributed by atoms with Gasteiger partial charge in [0.25, 0.3) is 0 Å². The highest BCUT2D eigenvalue weighted by molar-refractivity contribution is 5.85. The molecule has 3 heterocycles. The number of rotatable bonds is 3. The fourth-order valence-electron chi connectivity index (χ4n) is 4.74. The molecule has 1 fully saturated rings. The molecule has 5 nitrogen and oxygen atoms in total. The minimum atomic E-state index is -0.651. The van der Waals surface area contributed by atoms with E-state index in [1.165, 1.54) is 10.9 Å². The number of nitrogens with zero attached hydrogens (tertiary/aromatic N) is 2. The number of hydrogen-bond acceptors (Lipinski definition) is 3. The van der Waals surface area contributed by atoms with E-state index in [2.05, 4.69) is 43.2 Å². The van der Waals surface area contributed by atoms with Gasteiger partial charge < -0.3 is 9.72 Å². The highest BCUT2D eigenvalue weighted by Gasteiger charge is 2.47. The zero-order valence-corrected chi connectivity index (χ0v) is 19.2. The van der Waals surface area contributed by atoms with E-state index in [9.17, 15) is 4.79 Å². The summed E-state index contributed by atoms with van der Waals surface area (Å²) in [5.41, 5.74) is 3.17. The van der Waals surface area contributed by atoms with E-state index in [1.807, 2.05) is 50.1 Å². The maximum atomic E-state index is 13.4. The predicted octanol–water partition coefficient (Wildman–Crippen LogP) is 6.35. The van der Waals surface area contributed by atoms with Crippen molar-refractivity contribution in [2.24, 2.45) is 0 Å². The number of aromatic nitrogens is 2. The maximum Gasteiger partial charge on any atom is 0.411 e. The summed E-state index contributed by atoms with van der Waals surface area (Å²) in [6, 6.07) is 12.5. The van der Waals surface area contributed by atoms with Crippen molar-refractivity contribution in [2.75, 3.05) is 6.54 Å². The quantitative estimate of drug-likeness (QED) is 0.538. The van der Waals surface area contributed by atoms with E-state index in [0.717, 1.165) is 36.0 Å². The number of amides is 1. The van der Waals surface area contributed by atoms with Crippen LogP contribution in [0.5, 0.6) is 0 Å². The van der Waals surface area contributed by atoms with Crippen LogP contribution < -0.4 is 0 Å². The third-order valence-corrected chi connectivity index (χ3v) is 6.15. The van der Waals surface area contributed by atoms with E-state index in [0.29, 0.717) is 12.5 Å². The van der Waals surface area contributed by atoms with Crippen LogP contribution in [0.4, 0.5) is 4.79 Å². The summed E-state index contributed by atoms with van der Waals surface area (Å²) in [5, 5.41) is 1.21. The number of piperidine rings is 1. The molecule has 1 aliphatic heterocycles. The van der Waals surface area contributed by atoms with Gasteiger partial charge in [-0.15, -0.1) is 0 Å². The largest absolute Gasteiger partial charge is 0.444 e. The van der Waals surface area contributed by atoms with Crippen LogP contribution in [0, 0.1) is 0 Å². The lowest BCUT2D eigenvalue weighted by Crippen LogP contribution is -2.54. The average Bonchev–Trinajstić information content (AvgIpc) is 3.16. The van der Waals surface area contributed by atoms with Gasteiger partial charge in [0.2, 0.25) is 0 Å². The Bertz CT molecular complexity index is 1070. The first kappa shape index (κ1) is 21.4. The second-order valence-electron chi connectivity index (χ2n) is 9.82. The summed E-state index contributed by atoms with van der Waals surface area (Å²) in [4.78, 5) is 23.5. The SMILES string of the molecule is CC(C)c1c[nH]c2ccc(C3(c4ccccn4)CCCCN3C(=O)OC(C)(C)C)cc12. The van der Waals surface area contributed by atoms with Crippen molar-refractivity contribution in [1.29, 1.82) is 0 Å². The first-order valence-corrected chi connectivity index (χ1v) is 11.3. The molecule has 2 aromatic heterocycles. The Morgan fingerprint density at radius 2 is 2.00 bits per heavy atom. The molecule has 0 spiro atoms. The Balaban J connectivity index is 1.92. The van der Waals surface area contributed by atoms with Crippen molar-refractivity contribution < 1.29 is 9.53 Å². The van der Waals surface area contributed by atoms with Gasteiger partial charge in [0.15, 0.2) is 0 Å². The lowest BCUT2D eigenvalue weighted by atomic mass is 9.77. The van der Waals surface area contributed by atoms with Crippen LogP contribution >= 0.6 is 0 Å². The van der Waals surface area contributed by atoms with E-state index < -0.39 is 11.1 Å². The van der Waals surface area contributed by atoms with E-state index >= 15 is 0 Å². The molecule has 1 aliphatic rings. The van der Waals surface area contributed by atoms with Crippen LogP contribution in [-0.2, 0) is 10.3 Å². The molecule has 0 bridgehead atoms. The van der Waals surface area contributed by atoms with Gasteiger partial charge in [-0.25, -0.2) is 4.79 Å². The van der Waals surface area contributed by atoms with Crippen LogP contribution in [0.25, 0.3) is 10.9 Å². The Hall–Kier alpha value is -2.82. The predicted molar refractivity (Wildman–Crippen MR) is 124 cm³/mol. The lowest BCUT2D eigenvalue weighted by molar-refractivity contribution is -0.00794. The summed E-state index contributed by atoms with van der Waals surface area (Å²) >= 11 is 0. The molecular formula is C26H33N3O2. The molecule has 1 N–H and O–H groups in total. The molecule has 164 valence electrons. The third-order valence-electron chi connectivity index (χ3n) is 6.15. The molecule has 0 radical (unpaired) electrons. The number of nitrogens with one attached hydrogen (secondary N) is 1. The fraction of sp³-hybridized carbons (Fsp3) is 0.462. The van der Waals surface area contributed by atoms with Crippen LogP contribution in [0.2, 0.25) is 0 Å². The van der Waals surface area contributed by atoms with Gasteiger partial charge >= 0.3 is 6.09 Å². The Morgan fingerprint density at radius 1 is 1.19 bits per heavy atom. The van der Waals surface area contributed by atoms with Gasteiger partial charge in [-0.3, -0.25) is 9.88 Å². The maximum absolute atomic E-state index is 13.4. The number of aromatic amines is 1. The zero-order chi connectivity index (χ0) is 22.2. The molecule has 1 unspecified atom stereocenters. The van der Waals surface area contributed by atoms with E-state index in [-0.39, 0.29) is 6.09 Å². The van der Waals surface area contributed by atoms with Crippen LogP contribution in [-0.4, -0.2) is 33.1 Å². The van der Waals surface area contributed by atoms with Crippen molar-refractivity contribution in [3.05, 3.63) is 65.6 Å². The van der Waals surface area contributed by atoms with Crippen LogP contribution in [0.15, 0.2) is 48.8 Å². The van der Waals surface area contributed by atoms with Crippen molar-refractivity contribution in [3.63, 3.8) is 0 Å². The molecule has 4 rings (SSSR count). The van der Waals surface area contributed by atoms with Crippen molar-refractivity contribution in [2.45, 2.75) is 70.9 Å². The highest BCUT2D eigenvalue weighted by atomic mass is 16.6. The number of ether oxygens (including phenoxy) is 1. The standard InChI is InChI=1S/C26H33N3O2/c1-18(2)21-17-28-22-12-11-19(16-20(21)22)26(23-10-6-8-14-27-23)13-7-9-15-29(26)24(30)31-25(3,4)5/h6,8,10-12,14,16-18,28H,7,9,13,15H2,1-5H3. The van der Waals surface area contributed by atoms with Gasteiger partial charge in [0, 0.05) is 29.8 Å². The summed E-state index contributed by atoms with van der Waals surface area (Å²) in [6.45, 7) is 10.8. The summed E-state index contributed by atoms with van der Waals surface area (Å²) < 4.78 is 5.86. The molecule has 1 saturated heterocycles. The summed E-state index contributed by atoms with van der Waals surface area (Å²) in [7, 11) is 0. The van der Waals surface area contributed by atoms with Gasteiger partial charge in [-0.1, -0.05) is 26.0 Å². The topological polar surface area (TPSA) is 58.2 Å². The average molecular weight is 420 g/mol. The molecule has 3 aromatic rings. The first-order valence-electron chi connectivity index (χ1n) is 11.3. The van der Waals surface area contributed by atoms with E-state index in [4.69, 9.17) is 9.72 Å². The van der Waals surface area contributed by atoms with Gasteiger partial charge in [-0.2, -0.15) is 0 Å². The number of hydrogen-bond donors (Lipinski definition) is 1. The Kier molecular flexibility index (Phi) is 5.54. The lowest BCUT2D eigenvalue weighted by Gasteiger charge is -2.47. The molecule has 31 heavy (non-hydrogen) atoms. The summed E-state index contributed by atoms with van der Waals surface area (Å²) in [6.07, 6.45) is 6.43.